The Morgan fingerprint density at radius 1 is 1.33 bits per heavy atom. The van der Waals surface area contributed by atoms with E-state index in [-0.39, 0.29) is 6.04 Å². The van der Waals surface area contributed by atoms with Gasteiger partial charge in [0.2, 0.25) is 0 Å². The molecule has 78 valence electrons. The molecule has 0 amide bonds. The van der Waals surface area contributed by atoms with Crippen molar-refractivity contribution in [2.24, 2.45) is 0 Å². The summed E-state index contributed by atoms with van der Waals surface area (Å²) in [7, 11) is 1.93. The summed E-state index contributed by atoms with van der Waals surface area (Å²) in [4.78, 5) is 1.97. The topological polar surface area (TPSA) is 27.0 Å². The molecular formula is C13H16N2. The molecule has 0 aliphatic rings. The van der Waals surface area contributed by atoms with Crippen LogP contribution in [0.15, 0.2) is 42.0 Å². The summed E-state index contributed by atoms with van der Waals surface area (Å²) < 4.78 is 0. The van der Waals surface area contributed by atoms with Gasteiger partial charge in [-0.15, -0.1) is 0 Å². The predicted molar refractivity (Wildman–Crippen MR) is 63.7 cm³/mol. The number of nitrogens with zero attached hydrogens (tertiary/aromatic N) is 2. The maximum atomic E-state index is 9.07. The average molecular weight is 200 g/mol. The molecule has 0 fully saturated rings. The highest BCUT2D eigenvalue weighted by atomic mass is 15.1. The van der Waals surface area contributed by atoms with E-state index in [0.717, 1.165) is 11.3 Å². The molecule has 0 aromatic heterocycles. The Morgan fingerprint density at radius 2 is 1.93 bits per heavy atom. The van der Waals surface area contributed by atoms with E-state index < -0.39 is 0 Å². The monoisotopic (exact) mass is 200 g/mol. The number of hydrogen-bond donors (Lipinski definition) is 0. The number of allylic oxidation sites excluding steroid dienone is 1. The Balaban J connectivity index is 2.89. The van der Waals surface area contributed by atoms with Crippen LogP contribution in [0.5, 0.6) is 0 Å². The summed E-state index contributed by atoms with van der Waals surface area (Å²) in [6, 6.07) is 12.0. The molecule has 1 rings (SSSR count). The minimum atomic E-state index is -0.197. The van der Waals surface area contributed by atoms with Crippen LogP contribution in [0, 0.1) is 11.3 Å². The first-order valence-electron chi connectivity index (χ1n) is 4.97. The molecule has 0 heterocycles. The Kier molecular flexibility index (Phi) is 3.93. The molecule has 0 bridgehead atoms. The standard InChI is InChI=1S/C13H16N2/c1-11(2)9-13(10-14)15(3)12-7-5-4-6-8-12/h4-9,13H,1-3H3. The zero-order valence-electron chi connectivity index (χ0n) is 9.44. The summed E-state index contributed by atoms with van der Waals surface area (Å²) in [6.45, 7) is 4.01. The lowest BCUT2D eigenvalue weighted by atomic mass is 10.2. The third kappa shape index (κ3) is 3.14. The van der Waals surface area contributed by atoms with Crippen molar-refractivity contribution in [3.05, 3.63) is 42.0 Å². The van der Waals surface area contributed by atoms with Crippen molar-refractivity contribution >= 4 is 5.69 Å². The lowest BCUT2D eigenvalue weighted by molar-refractivity contribution is 0.896. The number of rotatable bonds is 3. The molecule has 2 heteroatoms. The molecule has 0 saturated heterocycles. The quantitative estimate of drug-likeness (QED) is 0.701. The van der Waals surface area contributed by atoms with Crippen LogP contribution in [-0.2, 0) is 0 Å². The van der Waals surface area contributed by atoms with Gasteiger partial charge in [0.05, 0.1) is 6.07 Å². The zero-order chi connectivity index (χ0) is 11.3. The van der Waals surface area contributed by atoms with E-state index in [9.17, 15) is 0 Å². The largest absolute Gasteiger partial charge is 0.356 e. The van der Waals surface area contributed by atoms with Crippen molar-refractivity contribution in [1.29, 1.82) is 5.26 Å². The summed E-state index contributed by atoms with van der Waals surface area (Å²) in [5.41, 5.74) is 2.21. The summed E-state index contributed by atoms with van der Waals surface area (Å²) in [5.74, 6) is 0. The lowest BCUT2D eigenvalue weighted by Crippen LogP contribution is -2.28. The number of para-hydroxylation sites is 1. The normalized spacial score (nSPS) is 11.3. The summed E-state index contributed by atoms with van der Waals surface area (Å²) in [5, 5.41) is 9.07. The zero-order valence-corrected chi connectivity index (χ0v) is 9.44. The highest BCUT2D eigenvalue weighted by molar-refractivity contribution is 5.49. The van der Waals surface area contributed by atoms with E-state index in [0.29, 0.717) is 0 Å². The number of benzene rings is 1. The fourth-order valence-corrected chi connectivity index (χ4v) is 1.38. The molecule has 2 nitrogen and oxygen atoms in total. The molecule has 0 N–H and O–H groups in total. The van der Waals surface area contributed by atoms with E-state index in [2.05, 4.69) is 6.07 Å². The van der Waals surface area contributed by atoms with Crippen LogP contribution in [-0.4, -0.2) is 13.1 Å². The highest BCUT2D eigenvalue weighted by Gasteiger charge is 2.10. The summed E-state index contributed by atoms with van der Waals surface area (Å²) >= 11 is 0. The number of likely N-dealkylation sites (N-methyl/N-ethyl adjacent to an activating group) is 1. The number of anilines is 1. The van der Waals surface area contributed by atoms with Gasteiger partial charge >= 0.3 is 0 Å². The second kappa shape index (κ2) is 5.21. The first-order chi connectivity index (χ1) is 7.15. The first-order valence-corrected chi connectivity index (χ1v) is 4.97. The van der Waals surface area contributed by atoms with Crippen LogP contribution in [0.2, 0.25) is 0 Å². The van der Waals surface area contributed by atoms with Crippen LogP contribution in [0.25, 0.3) is 0 Å². The Bertz CT molecular complexity index is 369. The van der Waals surface area contributed by atoms with E-state index in [1.54, 1.807) is 0 Å². The van der Waals surface area contributed by atoms with Crippen LogP contribution >= 0.6 is 0 Å². The molecule has 0 radical (unpaired) electrons. The summed E-state index contributed by atoms with van der Waals surface area (Å²) in [6.07, 6.45) is 1.97. The third-order valence-corrected chi connectivity index (χ3v) is 2.20. The highest BCUT2D eigenvalue weighted by Crippen LogP contribution is 2.15. The van der Waals surface area contributed by atoms with Crippen LogP contribution in [0.1, 0.15) is 13.8 Å². The molecule has 1 unspecified atom stereocenters. The minimum Gasteiger partial charge on any atom is -0.356 e. The van der Waals surface area contributed by atoms with Gasteiger partial charge < -0.3 is 4.90 Å². The molecule has 1 aromatic rings. The molecule has 0 aliphatic carbocycles. The van der Waals surface area contributed by atoms with Crippen LogP contribution < -0.4 is 4.90 Å². The van der Waals surface area contributed by atoms with Gasteiger partial charge in [0, 0.05) is 12.7 Å². The van der Waals surface area contributed by atoms with Crippen molar-refractivity contribution in [1.82, 2.24) is 0 Å². The van der Waals surface area contributed by atoms with Gasteiger partial charge in [-0.25, -0.2) is 0 Å². The van der Waals surface area contributed by atoms with Crippen molar-refractivity contribution < 1.29 is 0 Å². The van der Waals surface area contributed by atoms with Crippen molar-refractivity contribution in [3.63, 3.8) is 0 Å². The molecule has 1 aromatic carbocycles. The first kappa shape index (κ1) is 11.3. The SMILES string of the molecule is CC(C)=CC(C#N)N(C)c1ccccc1. The van der Waals surface area contributed by atoms with E-state index in [1.165, 1.54) is 0 Å². The average Bonchev–Trinajstić information content (AvgIpc) is 2.26. The molecular weight excluding hydrogens is 184 g/mol. The van der Waals surface area contributed by atoms with Gasteiger partial charge in [-0.1, -0.05) is 23.8 Å². The van der Waals surface area contributed by atoms with Crippen LogP contribution in [0.3, 0.4) is 0 Å². The van der Waals surface area contributed by atoms with Gasteiger partial charge in [-0.2, -0.15) is 5.26 Å². The fraction of sp³-hybridized carbons (Fsp3) is 0.308. The number of nitriles is 1. The molecule has 1 atom stereocenters. The van der Waals surface area contributed by atoms with Gasteiger partial charge in [0.15, 0.2) is 0 Å². The maximum absolute atomic E-state index is 9.07. The Morgan fingerprint density at radius 3 is 2.40 bits per heavy atom. The molecule has 0 aliphatic heterocycles. The van der Waals surface area contributed by atoms with Crippen molar-refractivity contribution in [2.75, 3.05) is 11.9 Å². The van der Waals surface area contributed by atoms with E-state index in [4.69, 9.17) is 5.26 Å². The molecule has 0 saturated carbocycles. The number of hydrogen-bond acceptors (Lipinski definition) is 2. The van der Waals surface area contributed by atoms with Gasteiger partial charge in [0.25, 0.3) is 0 Å². The third-order valence-electron chi connectivity index (χ3n) is 2.20. The Labute approximate surface area is 91.4 Å². The second-order valence-corrected chi connectivity index (χ2v) is 3.76. The fourth-order valence-electron chi connectivity index (χ4n) is 1.38. The second-order valence-electron chi connectivity index (χ2n) is 3.76. The van der Waals surface area contributed by atoms with Gasteiger partial charge in [-0.3, -0.25) is 0 Å². The van der Waals surface area contributed by atoms with E-state index in [1.807, 2.05) is 62.2 Å². The van der Waals surface area contributed by atoms with Gasteiger partial charge in [-0.05, 0) is 32.1 Å². The lowest BCUT2D eigenvalue weighted by Gasteiger charge is -2.22. The minimum absolute atomic E-state index is 0.197. The van der Waals surface area contributed by atoms with Gasteiger partial charge in [0.1, 0.15) is 6.04 Å². The predicted octanol–water partition coefficient (Wildman–Crippen LogP) is 2.98. The molecule has 15 heavy (non-hydrogen) atoms. The smallest absolute Gasteiger partial charge is 0.135 e. The van der Waals surface area contributed by atoms with Crippen LogP contribution in [0.4, 0.5) is 5.69 Å². The Hall–Kier alpha value is -1.75. The van der Waals surface area contributed by atoms with E-state index >= 15 is 0 Å². The van der Waals surface area contributed by atoms with Crippen molar-refractivity contribution in [2.45, 2.75) is 19.9 Å². The molecule has 0 spiro atoms. The van der Waals surface area contributed by atoms with Crippen molar-refractivity contribution in [3.8, 4) is 6.07 Å². The maximum Gasteiger partial charge on any atom is 0.135 e.